The van der Waals surface area contributed by atoms with Gasteiger partial charge in [0.2, 0.25) is 0 Å². The van der Waals surface area contributed by atoms with E-state index in [1.54, 1.807) is 0 Å². The summed E-state index contributed by atoms with van der Waals surface area (Å²) in [7, 11) is 0. The number of nitrogens with one attached hydrogen (secondary N) is 2. The molecule has 0 saturated carbocycles. The zero-order chi connectivity index (χ0) is 15.5. The highest BCUT2D eigenvalue weighted by atomic mass is 15.2. The number of rotatable bonds is 4. The highest BCUT2D eigenvalue weighted by molar-refractivity contribution is 5.47. The molecule has 3 rings (SSSR count). The number of aromatic nitrogens is 2. The topological polar surface area (TPSA) is 44.0 Å². The van der Waals surface area contributed by atoms with Crippen molar-refractivity contribution in [3.63, 3.8) is 0 Å². The number of aryl methyl sites for hydroxylation is 2. The first-order chi connectivity index (χ1) is 10.6. The third kappa shape index (κ3) is 3.50. The molecule has 1 aliphatic rings. The van der Waals surface area contributed by atoms with Crippen LogP contribution < -0.4 is 10.2 Å². The van der Waals surface area contributed by atoms with Gasteiger partial charge in [0.25, 0.3) is 0 Å². The number of nitrogens with zero attached hydrogens (tertiary/aromatic N) is 2. The van der Waals surface area contributed by atoms with E-state index in [1.165, 1.54) is 24.1 Å². The van der Waals surface area contributed by atoms with Crippen LogP contribution in [-0.2, 0) is 0 Å². The highest BCUT2D eigenvalue weighted by Crippen LogP contribution is 2.21. The highest BCUT2D eigenvalue weighted by Gasteiger charge is 2.21. The fraction of sp³-hybridized carbons (Fsp3) is 0.500. The number of hydrogen-bond donors (Lipinski definition) is 2. The molecule has 4 heteroatoms. The van der Waals surface area contributed by atoms with Crippen molar-refractivity contribution in [2.45, 2.75) is 45.7 Å². The Bertz CT molecular complexity index is 594. The minimum atomic E-state index is 0.282. The Kier molecular flexibility index (Phi) is 4.48. The lowest BCUT2D eigenvalue weighted by Gasteiger charge is -2.35. The molecule has 0 bridgehead atoms. The lowest BCUT2D eigenvalue weighted by Crippen LogP contribution is -2.43. The van der Waals surface area contributed by atoms with Crippen LogP contribution in [0.15, 0.2) is 30.5 Å². The van der Waals surface area contributed by atoms with Crippen LogP contribution in [0.1, 0.15) is 42.9 Å². The minimum absolute atomic E-state index is 0.282. The predicted molar refractivity (Wildman–Crippen MR) is 91.3 cm³/mol. The van der Waals surface area contributed by atoms with Crippen molar-refractivity contribution in [2.24, 2.45) is 0 Å². The number of piperidine rings is 1. The molecule has 0 aliphatic carbocycles. The summed E-state index contributed by atoms with van der Waals surface area (Å²) in [6.07, 6.45) is 4.25. The summed E-state index contributed by atoms with van der Waals surface area (Å²) in [6, 6.07) is 9.71. The Morgan fingerprint density at radius 3 is 2.45 bits per heavy atom. The molecular formula is C18H26N4. The second-order valence-corrected chi connectivity index (χ2v) is 6.44. The first-order valence-electron chi connectivity index (χ1n) is 8.21. The van der Waals surface area contributed by atoms with Crippen LogP contribution in [0.5, 0.6) is 0 Å². The van der Waals surface area contributed by atoms with Crippen LogP contribution in [0.2, 0.25) is 0 Å². The molecule has 0 unspecified atom stereocenters. The van der Waals surface area contributed by atoms with Crippen molar-refractivity contribution >= 4 is 5.69 Å². The number of imidazole rings is 1. The van der Waals surface area contributed by atoms with Crippen molar-refractivity contribution in [1.29, 1.82) is 0 Å². The van der Waals surface area contributed by atoms with E-state index in [0.717, 1.165) is 24.6 Å². The zero-order valence-corrected chi connectivity index (χ0v) is 13.8. The Balaban J connectivity index is 1.52. The number of H-pyrrole nitrogens is 1. The van der Waals surface area contributed by atoms with E-state index < -0.39 is 0 Å². The van der Waals surface area contributed by atoms with E-state index in [1.807, 2.05) is 13.1 Å². The fourth-order valence-corrected chi connectivity index (χ4v) is 3.15. The number of hydrogen-bond acceptors (Lipinski definition) is 3. The van der Waals surface area contributed by atoms with Crippen molar-refractivity contribution in [2.75, 3.05) is 18.0 Å². The van der Waals surface area contributed by atoms with Gasteiger partial charge in [-0.25, -0.2) is 4.98 Å². The predicted octanol–water partition coefficient (Wildman–Crippen LogP) is 3.35. The van der Waals surface area contributed by atoms with E-state index in [4.69, 9.17) is 0 Å². The molecule has 1 atom stereocenters. The number of benzene rings is 1. The van der Waals surface area contributed by atoms with E-state index in [0.29, 0.717) is 6.04 Å². The second kappa shape index (κ2) is 6.53. The average Bonchev–Trinajstić information content (AvgIpc) is 2.96. The Labute approximate surface area is 133 Å². The van der Waals surface area contributed by atoms with Gasteiger partial charge >= 0.3 is 0 Å². The van der Waals surface area contributed by atoms with Gasteiger partial charge < -0.3 is 15.2 Å². The molecule has 4 nitrogen and oxygen atoms in total. The Hall–Kier alpha value is -1.81. The standard InChI is InChI=1S/C18H26N4/c1-13-4-6-17(7-5-13)22-10-8-16(9-11-22)21-15(3)18-19-12-14(2)20-18/h4-7,12,15-16,21H,8-11H2,1-3H3,(H,19,20)/t15-/m1/s1. The van der Waals surface area contributed by atoms with Crippen molar-refractivity contribution in [3.05, 3.63) is 47.5 Å². The van der Waals surface area contributed by atoms with Crippen LogP contribution in [0.4, 0.5) is 5.69 Å². The Morgan fingerprint density at radius 1 is 1.18 bits per heavy atom. The van der Waals surface area contributed by atoms with Gasteiger partial charge in [0, 0.05) is 36.7 Å². The van der Waals surface area contributed by atoms with Crippen LogP contribution in [0.25, 0.3) is 0 Å². The smallest absolute Gasteiger partial charge is 0.123 e. The van der Waals surface area contributed by atoms with E-state index in [-0.39, 0.29) is 6.04 Å². The summed E-state index contributed by atoms with van der Waals surface area (Å²) in [5.41, 5.74) is 3.79. The van der Waals surface area contributed by atoms with Crippen molar-refractivity contribution in [1.82, 2.24) is 15.3 Å². The van der Waals surface area contributed by atoms with Crippen LogP contribution in [0, 0.1) is 13.8 Å². The average molecular weight is 298 g/mol. The monoisotopic (exact) mass is 298 g/mol. The molecule has 0 radical (unpaired) electrons. The summed E-state index contributed by atoms with van der Waals surface area (Å²) in [6.45, 7) is 8.60. The molecule has 0 amide bonds. The quantitative estimate of drug-likeness (QED) is 0.910. The lowest BCUT2D eigenvalue weighted by molar-refractivity contribution is 0.374. The first-order valence-corrected chi connectivity index (χ1v) is 8.21. The van der Waals surface area contributed by atoms with E-state index in [2.05, 4.69) is 58.3 Å². The van der Waals surface area contributed by atoms with Gasteiger partial charge in [0.15, 0.2) is 0 Å². The fourth-order valence-electron chi connectivity index (χ4n) is 3.15. The molecule has 2 aromatic rings. The minimum Gasteiger partial charge on any atom is -0.371 e. The van der Waals surface area contributed by atoms with Gasteiger partial charge in [-0.15, -0.1) is 0 Å². The van der Waals surface area contributed by atoms with E-state index >= 15 is 0 Å². The maximum absolute atomic E-state index is 4.42. The van der Waals surface area contributed by atoms with E-state index in [9.17, 15) is 0 Å². The molecule has 22 heavy (non-hydrogen) atoms. The summed E-state index contributed by atoms with van der Waals surface area (Å²) >= 11 is 0. The maximum Gasteiger partial charge on any atom is 0.123 e. The van der Waals surface area contributed by atoms with Gasteiger partial charge in [0.1, 0.15) is 5.82 Å². The van der Waals surface area contributed by atoms with Crippen LogP contribution in [0.3, 0.4) is 0 Å². The molecule has 1 aliphatic heterocycles. The number of aromatic amines is 1. The van der Waals surface area contributed by atoms with Crippen molar-refractivity contribution < 1.29 is 0 Å². The lowest BCUT2D eigenvalue weighted by atomic mass is 10.0. The van der Waals surface area contributed by atoms with Gasteiger partial charge in [0.05, 0.1) is 6.04 Å². The maximum atomic E-state index is 4.42. The largest absolute Gasteiger partial charge is 0.371 e. The van der Waals surface area contributed by atoms with Gasteiger partial charge in [-0.2, -0.15) is 0 Å². The van der Waals surface area contributed by atoms with Gasteiger partial charge in [-0.05, 0) is 45.7 Å². The number of anilines is 1. The van der Waals surface area contributed by atoms with Gasteiger partial charge in [-0.3, -0.25) is 0 Å². The van der Waals surface area contributed by atoms with Crippen LogP contribution in [-0.4, -0.2) is 29.1 Å². The normalized spacial score (nSPS) is 17.7. The molecule has 1 saturated heterocycles. The van der Waals surface area contributed by atoms with Crippen molar-refractivity contribution in [3.8, 4) is 0 Å². The summed E-state index contributed by atoms with van der Waals surface area (Å²) in [5, 5.41) is 3.71. The second-order valence-electron chi connectivity index (χ2n) is 6.44. The van der Waals surface area contributed by atoms with Crippen LogP contribution >= 0.6 is 0 Å². The molecule has 1 aromatic carbocycles. The molecular weight excluding hydrogens is 272 g/mol. The SMILES string of the molecule is Cc1ccc(N2CCC(N[C@H](C)c3ncc(C)[nH]3)CC2)cc1. The molecule has 2 N–H and O–H groups in total. The third-order valence-electron chi connectivity index (χ3n) is 4.51. The third-order valence-corrected chi connectivity index (χ3v) is 4.51. The summed E-state index contributed by atoms with van der Waals surface area (Å²) in [5.74, 6) is 1.04. The summed E-state index contributed by atoms with van der Waals surface area (Å²) in [4.78, 5) is 10.2. The molecule has 118 valence electrons. The first kappa shape index (κ1) is 15.1. The molecule has 0 spiro atoms. The van der Waals surface area contributed by atoms with Gasteiger partial charge in [-0.1, -0.05) is 17.7 Å². The molecule has 1 fully saturated rings. The Morgan fingerprint density at radius 2 is 1.86 bits per heavy atom. The molecule has 1 aromatic heterocycles. The molecule has 2 heterocycles. The summed E-state index contributed by atoms with van der Waals surface area (Å²) < 4.78 is 0. The zero-order valence-electron chi connectivity index (χ0n) is 13.8.